The van der Waals surface area contributed by atoms with Gasteiger partial charge < -0.3 is 15.5 Å². The Morgan fingerprint density at radius 2 is 1.71 bits per heavy atom. The summed E-state index contributed by atoms with van der Waals surface area (Å²) < 4.78 is 0. The number of nitrogens with zero attached hydrogens (tertiary/aromatic N) is 2. The standard InChI is InChI=1S/C18H28N4O6/c1-12(2)21-11-3-4-13(21)18(27)20-9-7-14(23)19-10-8-17(26)28-22-15(24)5-6-16(22)25/h12-13H,3-11H2,1-2H3,(H,19,23)(H,20,27)/i3+1,4+1,7+1,9+1,11+1,13+1,14+1,19+1,20+1. The Hall–Kier alpha value is -2.49. The van der Waals surface area contributed by atoms with Gasteiger partial charge in [0, 0.05) is 38.4 Å². The van der Waals surface area contributed by atoms with Gasteiger partial charge in [-0.05, 0) is 33.2 Å². The summed E-state index contributed by atoms with van der Waals surface area (Å²) >= 11 is 0. The Labute approximate surface area is 163 Å². The number of likely N-dealkylation sites (tertiary alicyclic amines) is 1. The molecule has 156 valence electrons. The normalized spacial score (nSPS) is 20.0. The molecule has 0 aromatic rings. The number of amides is 4. The second kappa shape index (κ2) is 10.2. The molecule has 1 atom stereocenters. The van der Waals surface area contributed by atoms with Crippen LogP contribution in [-0.2, 0) is 28.8 Å². The molecule has 1 unspecified atom stereocenters. The van der Waals surface area contributed by atoms with Crippen LogP contribution in [0.5, 0.6) is 0 Å². The van der Waals surface area contributed by atoms with E-state index in [2.05, 4.69) is 29.4 Å². The predicted molar refractivity (Wildman–Crippen MR) is 97.3 cm³/mol. The Kier molecular flexibility index (Phi) is 7.91. The van der Waals surface area contributed by atoms with E-state index in [1.54, 1.807) is 0 Å². The van der Waals surface area contributed by atoms with Crippen LogP contribution in [0.1, 0.15) is 52.4 Å². The maximum atomic E-state index is 12.3. The summed E-state index contributed by atoms with van der Waals surface area (Å²) in [4.78, 5) is 65.2. The Morgan fingerprint density at radius 3 is 2.36 bits per heavy atom. The lowest BCUT2D eigenvalue weighted by molar-refractivity contribution is -0.197. The Bertz CT molecular complexity index is 620. The highest BCUT2D eigenvalue weighted by atomic mass is 16.7. The van der Waals surface area contributed by atoms with Gasteiger partial charge in [-0.15, -0.1) is 5.06 Å². The number of hydrogen-bond acceptors (Lipinski definition) is 7. The average molecular weight is 405 g/mol. The van der Waals surface area contributed by atoms with E-state index in [-0.39, 0.29) is 56.6 Å². The first-order chi connectivity index (χ1) is 13.3. The molecule has 0 aromatic heterocycles. The van der Waals surface area contributed by atoms with Gasteiger partial charge in [-0.1, -0.05) is 0 Å². The van der Waals surface area contributed by atoms with Crippen molar-refractivity contribution >= 4 is 29.6 Å². The van der Waals surface area contributed by atoms with Crippen LogP contribution in [0.4, 0.5) is 0 Å². The first kappa shape index (κ1) is 21.8. The quantitative estimate of drug-likeness (QED) is 0.300. The molecule has 2 fully saturated rings. The third-order valence-electron chi connectivity index (χ3n) is 4.76. The van der Waals surface area contributed by atoms with Gasteiger partial charge in [0.15, 0.2) is 0 Å². The fourth-order valence-corrected chi connectivity index (χ4v) is 3.30. The molecule has 10 nitrogen and oxygen atoms in total. The van der Waals surface area contributed by atoms with Crippen molar-refractivity contribution in [1.29, 1.82) is 0 Å². The molecular formula is C18H28N4O6. The second-order valence-electron chi connectivity index (χ2n) is 7.18. The molecule has 2 heterocycles. The van der Waals surface area contributed by atoms with Crippen molar-refractivity contribution < 1.29 is 28.8 Å². The van der Waals surface area contributed by atoms with Crippen LogP contribution >= 0.6 is 0 Å². The van der Waals surface area contributed by atoms with Gasteiger partial charge in [0.1, 0.15) is 0 Å². The predicted octanol–water partition coefficient (Wildman–Crippen LogP) is -0.521. The fraction of sp³-hybridized carbons (Fsp3) is 0.722. The van der Waals surface area contributed by atoms with Gasteiger partial charge in [-0.2, -0.15) is 0 Å². The third kappa shape index (κ3) is 6.01. The van der Waals surface area contributed by atoms with Gasteiger partial charge in [0.25, 0.3) is 11.8 Å². The average Bonchev–Trinajstić information content (AvgIpc) is 3.24. The molecule has 10 heteroatoms. The van der Waals surface area contributed by atoms with Crippen LogP contribution in [0.2, 0.25) is 0 Å². The maximum Gasteiger partial charge on any atom is 0.334 e. The molecule has 0 saturated carbocycles. The number of nitrogens with one attached hydrogen (secondary N) is 2. The summed E-state index contributed by atoms with van der Waals surface area (Å²) in [6.07, 6.45) is 1.80. The zero-order chi connectivity index (χ0) is 20.7. The van der Waals surface area contributed by atoms with Crippen molar-refractivity contribution in [3.8, 4) is 0 Å². The second-order valence-corrected chi connectivity index (χ2v) is 7.18. The maximum absolute atomic E-state index is 12.3. The Morgan fingerprint density at radius 1 is 1.07 bits per heavy atom. The van der Waals surface area contributed by atoms with E-state index in [1.807, 2.05) is 0 Å². The molecule has 2 rings (SSSR count). The SMILES string of the molecule is CC(C)N1[13CH2][13CH2][13CH2][13CH]1C(=O)[15NH][13CH2][13CH2][13C](=O)[15NH]CCC(=O)ON1C(=O)CCC1=O. The van der Waals surface area contributed by atoms with Crippen molar-refractivity contribution in [1.82, 2.24) is 20.6 Å². The minimum absolute atomic E-state index is 0.0194. The summed E-state index contributed by atoms with van der Waals surface area (Å²) in [7, 11) is 0. The minimum Gasteiger partial charge on any atom is -0.355 e. The molecule has 0 aliphatic carbocycles. The van der Waals surface area contributed by atoms with E-state index < -0.39 is 17.8 Å². The van der Waals surface area contributed by atoms with Crippen molar-refractivity contribution in [2.24, 2.45) is 0 Å². The molecule has 0 radical (unpaired) electrons. The van der Waals surface area contributed by atoms with Crippen molar-refractivity contribution in [3.63, 3.8) is 0 Å². The zero-order valence-electron chi connectivity index (χ0n) is 16.4. The smallest absolute Gasteiger partial charge is 0.334 e. The lowest BCUT2D eigenvalue weighted by Gasteiger charge is -2.27. The largest absolute Gasteiger partial charge is 0.355 e. The summed E-state index contributed by atoms with van der Waals surface area (Å²) in [5.41, 5.74) is 0. The van der Waals surface area contributed by atoms with E-state index in [0.29, 0.717) is 11.1 Å². The molecule has 0 bridgehead atoms. The fourth-order valence-electron chi connectivity index (χ4n) is 3.30. The van der Waals surface area contributed by atoms with Crippen LogP contribution in [-0.4, -0.2) is 71.3 Å². The number of imide groups is 1. The first-order valence-electron chi connectivity index (χ1n) is 9.66. The van der Waals surface area contributed by atoms with Gasteiger partial charge in [0.05, 0.1) is 12.5 Å². The van der Waals surface area contributed by atoms with E-state index in [1.165, 1.54) is 0 Å². The first-order valence-corrected chi connectivity index (χ1v) is 9.66. The van der Waals surface area contributed by atoms with E-state index in [0.717, 1.165) is 19.4 Å². The molecule has 2 aliphatic heterocycles. The minimum atomic E-state index is -0.771. The number of carbonyl (C=O) groups excluding carboxylic acids is 5. The number of hydrogen-bond donors (Lipinski definition) is 2. The van der Waals surface area contributed by atoms with Crippen LogP contribution < -0.4 is 10.6 Å². The molecule has 2 N–H and O–H groups in total. The molecule has 2 aliphatic rings. The van der Waals surface area contributed by atoms with Crippen LogP contribution in [0.15, 0.2) is 0 Å². The highest BCUT2D eigenvalue weighted by Crippen LogP contribution is 2.19. The molecule has 0 aromatic carbocycles. The number of carbonyl (C=O) groups is 5. The van der Waals surface area contributed by atoms with E-state index in [4.69, 9.17) is 4.84 Å². The monoisotopic (exact) mass is 405 g/mol. The molecular weight excluding hydrogens is 377 g/mol. The third-order valence-corrected chi connectivity index (χ3v) is 4.76. The van der Waals surface area contributed by atoms with Crippen molar-refractivity contribution in [3.05, 3.63) is 0 Å². The van der Waals surface area contributed by atoms with Crippen molar-refractivity contribution in [2.45, 2.75) is 64.5 Å². The van der Waals surface area contributed by atoms with E-state index >= 15 is 0 Å². The summed E-state index contributed by atoms with van der Waals surface area (Å²) in [5.74, 6) is -2.24. The van der Waals surface area contributed by atoms with Crippen LogP contribution in [0, 0.1) is 0 Å². The van der Waals surface area contributed by atoms with Crippen LogP contribution in [0.25, 0.3) is 0 Å². The lowest BCUT2D eigenvalue weighted by Crippen LogP contribution is -2.46. The van der Waals surface area contributed by atoms with Gasteiger partial charge in [-0.25, -0.2) is 4.79 Å². The van der Waals surface area contributed by atoms with Gasteiger partial charge >= 0.3 is 5.97 Å². The topological polar surface area (TPSA) is 125 Å². The number of hydroxylamine groups is 2. The molecule has 4 amide bonds. The molecule has 0 spiro atoms. The van der Waals surface area contributed by atoms with Crippen LogP contribution in [0.3, 0.4) is 0 Å². The number of rotatable bonds is 9. The Balaban J connectivity index is 1.58. The van der Waals surface area contributed by atoms with E-state index in [9.17, 15) is 24.0 Å². The highest BCUT2D eigenvalue weighted by Gasteiger charge is 2.33. The summed E-state index contributed by atoms with van der Waals surface area (Å²) in [5, 5.41) is 5.80. The highest BCUT2D eigenvalue weighted by molar-refractivity contribution is 6.01. The van der Waals surface area contributed by atoms with Gasteiger partial charge in [0.2, 0.25) is 11.8 Å². The van der Waals surface area contributed by atoms with Crippen molar-refractivity contribution in [2.75, 3.05) is 19.6 Å². The lowest BCUT2D eigenvalue weighted by atomic mass is 10.4. The summed E-state index contributed by atoms with van der Waals surface area (Å²) in [6, 6.07) is 0.154. The molecule has 2 saturated heterocycles. The molecule has 28 heavy (non-hydrogen) atoms. The summed E-state index contributed by atoms with van der Waals surface area (Å²) in [6.45, 7) is 5.25. The zero-order valence-corrected chi connectivity index (χ0v) is 16.4. The van der Waals surface area contributed by atoms with Gasteiger partial charge in [-0.3, -0.25) is 24.1 Å².